The molecule has 2 N–H and O–H groups in total. The number of anilines is 2. The summed E-state index contributed by atoms with van der Waals surface area (Å²) in [6.45, 7) is 4.09. The van der Waals surface area contributed by atoms with E-state index in [1.165, 1.54) is 0 Å². The lowest BCUT2D eigenvalue weighted by molar-refractivity contribution is 0.102. The van der Waals surface area contributed by atoms with Crippen molar-refractivity contribution >= 4 is 17.3 Å². The van der Waals surface area contributed by atoms with Crippen LogP contribution in [0.1, 0.15) is 24.3 Å². The number of rotatable bonds is 6. The fourth-order valence-electron chi connectivity index (χ4n) is 2.41. The fourth-order valence-corrected chi connectivity index (χ4v) is 2.41. The molecule has 1 amide bonds. The maximum absolute atomic E-state index is 12.5. The molecule has 0 spiro atoms. The first-order valence-corrected chi connectivity index (χ1v) is 8.47. The molecule has 0 aliphatic carbocycles. The second-order valence-corrected chi connectivity index (χ2v) is 6.10. The van der Waals surface area contributed by atoms with Gasteiger partial charge in [0.05, 0.1) is 17.6 Å². The van der Waals surface area contributed by atoms with Crippen LogP contribution in [-0.2, 0) is 0 Å². The zero-order chi connectivity index (χ0) is 18.4. The molecule has 0 atom stereocenters. The Bertz CT molecular complexity index is 862. The highest BCUT2D eigenvalue weighted by atomic mass is 16.5. The van der Waals surface area contributed by atoms with E-state index >= 15 is 0 Å². The van der Waals surface area contributed by atoms with Gasteiger partial charge in [-0.05, 0) is 50.2 Å². The summed E-state index contributed by atoms with van der Waals surface area (Å²) in [5.41, 5.74) is 1.81. The molecule has 2 aromatic carbocycles. The standard InChI is InChI=1S/C21H21N3O2/c1-15(2)23-16-12-13-19(22-14-16)21(25)24-18-10-6-7-11-20(18)26-17-8-4-3-5-9-17/h3-15,23H,1-2H3,(H,24,25). The first-order valence-electron chi connectivity index (χ1n) is 8.47. The van der Waals surface area contributed by atoms with Gasteiger partial charge in [0.15, 0.2) is 5.75 Å². The van der Waals surface area contributed by atoms with E-state index in [2.05, 4.69) is 15.6 Å². The summed E-state index contributed by atoms with van der Waals surface area (Å²) in [5.74, 6) is 0.992. The minimum absolute atomic E-state index is 0.287. The lowest BCUT2D eigenvalue weighted by Gasteiger charge is -2.12. The van der Waals surface area contributed by atoms with Crippen LogP contribution >= 0.6 is 0 Å². The number of benzene rings is 2. The van der Waals surface area contributed by atoms with Gasteiger partial charge in [-0.3, -0.25) is 4.79 Å². The van der Waals surface area contributed by atoms with Crippen LogP contribution < -0.4 is 15.4 Å². The molecule has 0 bridgehead atoms. The van der Waals surface area contributed by atoms with Gasteiger partial charge in [0.1, 0.15) is 11.4 Å². The number of ether oxygens (including phenoxy) is 1. The summed E-state index contributed by atoms with van der Waals surface area (Å²) in [5, 5.41) is 6.10. The number of hydrogen-bond acceptors (Lipinski definition) is 4. The summed E-state index contributed by atoms with van der Waals surface area (Å²) < 4.78 is 5.86. The average Bonchev–Trinajstić information content (AvgIpc) is 2.64. The summed E-state index contributed by atoms with van der Waals surface area (Å²) in [7, 11) is 0. The van der Waals surface area contributed by atoms with Crippen LogP contribution in [0.25, 0.3) is 0 Å². The van der Waals surface area contributed by atoms with Crippen molar-refractivity contribution in [1.29, 1.82) is 0 Å². The zero-order valence-corrected chi connectivity index (χ0v) is 14.8. The van der Waals surface area contributed by atoms with Crippen LogP contribution in [0.5, 0.6) is 11.5 Å². The number of carbonyl (C=O) groups is 1. The molecule has 26 heavy (non-hydrogen) atoms. The molecule has 0 aliphatic heterocycles. The monoisotopic (exact) mass is 347 g/mol. The Hall–Kier alpha value is -3.34. The van der Waals surface area contributed by atoms with Crippen LogP contribution in [0.15, 0.2) is 72.9 Å². The predicted molar refractivity (Wildman–Crippen MR) is 104 cm³/mol. The van der Waals surface area contributed by atoms with Crippen LogP contribution in [-0.4, -0.2) is 16.9 Å². The second kappa shape index (κ2) is 8.16. The minimum Gasteiger partial charge on any atom is -0.455 e. The molecule has 132 valence electrons. The van der Waals surface area contributed by atoms with E-state index in [0.717, 1.165) is 5.69 Å². The lowest BCUT2D eigenvalue weighted by atomic mass is 10.2. The third-order valence-corrected chi connectivity index (χ3v) is 3.56. The third-order valence-electron chi connectivity index (χ3n) is 3.56. The number of amides is 1. The molecule has 0 aliphatic rings. The van der Waals surface area contributed by atoms with Gasteiger partial charge >= 0.3 is 0 Å². The first-order chi connectivity index (χ1) is 12.6. The molecular formula is C21H21N3O2. The summed E-state index contributed by atoms with van der Waals surface area (Å²) in [6, 6.07) is 20.6. The van der Waals surface area contributed by atoms with Gasteiger partial charge < -0.3 is 15.4 Å². The van der Waals surface area contributed by atoms with Gasteiger partial charge in [0.25, 0.3) is 5.91 Å². The van der Waals surface area contributed by atoms with Crippen molar-refractivity contribution in [1.82, 2.24) is 4.98 Å². The van der Waals surface area contributed by atoms with Crippen molar-refractivity contribution in [3.63, 3.8) is 0 Å². The SMILES string of the molecule is CC(C)Nc1ccc(C(=O)Nc2ccccc2Oc2ccccc2)nc1. The Kier molecular flexibility index (Phi) is 5.49. The van der Waals surface area contributed by atoms with Crippen LogP contribution in [0.4, 0.5) is 11.4 Å². The predicted octanol–water partition coefficient (Wildman–Crippen LogP) is 4.95. The molecule has 3 rings (SSSR count). The highest BCUT2D eigenvalue weighted by molar-refractivity contribution is 6.03. The topological polar surface area (TPSA) is 63.2 Å². The van der Waals surface area contributed by atoms with E-state index in [0.29, 0.717) is 28.9 Å². The second-order valence-electron chi connectivity index (χ2n) is 6.10. The summed E-state index contributed by atoms with van der Waals surface area (Å²) >= 11 is 0. The third kappa shape index (κ3) is 4.60. The molecule has 3 aromatic rings. The number of para-hydroxylation sites is 3. The Morgan fingerprint density at radius 1 is 0.962 bits per heavy atom. The lowest BCUT2D eigenvalue weighted by Crippen LogP contribution is -2.15. The maximum atomic E-state index is 12.5. The van der Waals surface area contributed by atoms with Crippen molar-refractivity contribution in [2.24, 2.45) is 0 Å². The summed E-state index contributed by atoms with van der Waals surface area (Å²) in [4.78, 5) is 16.7. The van der Waals surface area contributed by atoms with Crippen molar-refractivity contribution in [3.05, 3.63) is 78.6 Å². The Morgan fingerprint density at radius 2 is 1.69 bits per heavy atom. The van der Waals surface area contributed by atoms with Gasteiger partial charge in [-0.1, -0.05) is 30.3 Å². The molecule has 1 aromatic heterocycles. The van der Waals surface area contributed by atoms with Crippen molar-refractivity contribution in [2.75, 3.05) is 10.6 Å². The quantitative estimate of drug-likeness (QED) is 0.662. The van der Waals surface area contributed by atoms with E-state index < -0.39 is 0 Å². The van der Waals surface area contributed by atoms with Gasteiger partial charge in [0, 0.05) is 6.04 Å². The van der Waals surface area contributed by atoms with Crippen LogP contribution in [0.3, 0.4) is 0 Å². The molecule has 0 unspecified atom stereocenters. The summed E-state index contributed by atoms with van der Waals surface area (Å²) in [6.07, 6.45) is 1.65. The number of nitrogens with zero attached hydrogens (tertiary/aromatic N) is 1. The number of nitrogens with one attached hydrogen (secondary N) is 2. The molecule has 0 radical (unpaired) electrons. The van der Waals surface area contributed by atoms with E-state index in [1.807, 2.05) is 68.4 Å². The number of pyridine rings is 1. The van der Waals surface area contributed by atoms with E-state index in [1.54, 1.807) is 18.3 Å². The smallest absolute Gasteiger partial charge is 0.274 e. The van der Waals surface area contributed by atoms with E-state index in [-0.39, 0.29) is 5.91 Å². The van der Waals surface area contributed by atoms with Crippen molar-refractivity contribution in [2.45, 2.75) is 19.9 Å². The minimum atomic E-state index is -0.287. The van der Waals surface area contributed by atoms with E-state index in [9.17, 15) is 4.79 Å². The van der Waals surface area contributed by atoms with Crippen molar-refractivity contribution < 1.29 is 9.53 Å². The molecule has 0 saturated carbocycles. The average molecular weight is 347 g/mol. The van der Waals surface area contributed by atoms with Crippen molar-refractivity contribution in [3.8, 4) is 11.5 Å². The maximum Gasteiger partial charge on any atom is 0.274 e. The Labute approximate surface area is 153 Å². The number of aromatic nitrogens is 1. The highest BCUT2D eigenvalue weighted by Gasteiger charge is 2.11. The molecule has 1 heterocycles. The molecule has 5 nitrogen and oxygen atoms in total. The fraction of sp³-hybridized carbons (Fsp3) is 0.143. The van der Waals surface area contributed by atoms with Gasteiger partial charge in [-0.2, -0.15) is 0 Å². The van der Waals surface area contributed by atoms with E-state index in [4.69, 9.17) is 4.74 Å². The molecule has 0 saturated heterocycles. The van der Waals surface area contributed by atoms with Gasteiger partial charge in [0.2, 0.25) is 0 Å². The Morgan fingerprint density at radius 3 is 2.38 bits per heavy atom. The Balaban J connectivity index is 1.73. The molecule has 5 heteroatoms. The first kappa shape index (κ1) is 17.5. The molecule has 0 fully saturated rings. The van der Waals surface area contributed by atoms with Crippen LogP contribution in [0.2, 0.25) is 0 Å². The zero-order valence-electron chi connectivity index (χ0n) is 14.8. The van der Waals surface area contributed by atoms with Gasteiger partial charge in [-0.25, -0.2) is 4.98 Å². The normalized spacial score (nSPS) is 10.4. The highest BCUT2D eigenvalue weighted by Crippen LogP contribution is 2.29. The number of hydrogen-bond donors (Lipinski definition) is 2. The molecular weight excluding hydrogens is 326 g/mol. The largest absolute Gasteiger partial charge is 0.455 e. The van der Waals surface area contributed by atoms with Crippen LogP contribution in [0, 0.1) is 0 Å². The van der Waals surface area contributed by atoms with Gasteiger partial charge in [-0.15, -0.1) is 0 Å². The number of carbonyl (C=O) groups excluding carboxylic acids is 1.